The van der Waals surface area contributed by atoms with Gasteiger partial charge < -0.3 is 19.7 Å². The van der Waals surface area contributed by atoms with Crippen LogP contribution in [0.5, 0.6) is 0 Å². The van der Waals surface area contributed by atoms with E-state index in [0.717, 1.165) is 0 Å². The number of hydrogen-bond acceptors (Lipinski definition) is 4. The summed E-state index contributed by atoms with van der Waals surface area (Å²) >= 11 is 0. The molecule has 2 aliphatic heterocycles. The summed E-state index contributed by atoms with van der Waals surface area (Å²) < 4.78 is 10.2. The van der Waals surface area contributed by atoms with E-state index in [-0.39, 0.29) is 25.2 Å². The second kappa shape index (κ2) is 4.08. The number of rotatable bonds is 7. The molecule has 0 aromatic carbocycles. The molecule has 2 rings (SSSR count). The van der Waals surface area contributed by atoms with E-state index in [0.29, 0.717) is 26.1 Å². The van der Waals surface area contributed by atoms with Gasteiger partial charge in [-0.2, -0.15) is 0 Å². The summed E-state index contributed by atoms with van der Waals surface area (Å²) in [5.74, 6) is -0.845. The molecule has 0 aromatic heterocycles. The van der Waals surface area contributed by atoms with Gasteiger partial charge in [-0.3, -0.25) is 4.79 Å². The molecule has 2 N–H and O–H groups in total. The largest absolute Gasteiger partial charge is 0.481 e. The third-order valence-corrected chi connectivity index (χ3v) is 3.09. The number of carboxylic acid groups (broad SMARTS) is 1. The Hall–Kier alpha value is -0.650. The fourth-order valence-electron chi connectivity index (χ4n) is 2.03. The van der Waals surface area contributed by atoms with Crippen molar-refractivity contribution in [3.8, 4) is 0 Å². The number of aliphatic carboxylic acids is 1. The molecule has 2 fully saturated rings. The summed E-state index contributed by atoms with van der Waals surface area (Å²) in [6, 6.07) is 0. The molecule has 2 saturated heterocycles. The van der Waals surface area contributed by atoms with Crippen LogP contribution in [0.25, 0.3) is 0 Å². The zero-order valence-corrected chi connectivity index (χ0v) is 8.52. The van der Waals surface area contributed by atoms with Gasteiger partial charge in [0.1, 0.15) is 0 Å². The monoisotopic (exact) mass is 216 g/mol. The summed E-state index contributed by atoms with van der Waals surface area (Å²) in [7, 11) is 0. The van der Waals surface area contributed by atoms with E-state index in [2.05, 4.69) is 0 Å². The number of aliphatic hydroxyl groups is 1. The maximum absolute atomic E-state index is 11.3. The predicted octanol–water partition coefficient (Wildman–Crippen LogP) is 0.0176. The van der Waals surface area contributed by atoms with E-state index in [1.54, 1.807) is 0 Å². The highest BCUT2D eigenvalue weighted by atomic mass is 16.6. The Balaban J connectivity index is 2.02. The molecule has 2 atom stereocenters. The van der Waals surface area contributed by atoms with Gasteiger partial charge >= 0.3 is 5.97 Å². The van der Waals surface area contributed by atoms with Gasteiger partial charge in [-0.25, -0.2) is 0 Å². The van der Waals surface area contributed by atoms with Gasteiger partial charge in [0.25, 0.3) is 0 Å². The number of aliphatic hydroxyl groups excluding tert-OH is 1. The third-order valence-electron chi connectivity index (χ3n) is 3.09. The van der Waals surface area contributed by atoms with E-state index in [1.807, 2.05) is 0 Å². The average molecular weight is 216 g/mol. The molecule has 0 bridgehead atoms. The lowest BCUT2D eigenvalue weighted by molar-refractivity contribution is -0.151. The van der Waals surface area contributed by atoms with E-state index >= 15 is 0 Å². The number of ether oxygens (including phenoxy) is 2. The van der Waals surface area contributed by atoms with E-state index in [1.165, 1.54) is 0 Å². The van der Waals surface area contributed by atoms with Crippen LogP contribution in [0.4, 0.5) is 0 Å². The Bertz CT molecular complexity index is 230. The van der Waals surface area contributed by atoms with Gasteiger partial charge in [0, 0.05) is 6.61 Å². The minimum Gasteiger partial charge on any atom is -0.481 e. The minimum absolute atomic E-state index is 0.0615. The van der Waals surface area contributed by atoms with Gasteiger partial charge in [0.05, 0.1) is 30.8 Å². The lowest BCUT2D eigenvalue weighted by atomic mass is 9.76. The highest BCUT2D eigenvalue weighted by molar-refractivity contribution is 5.74. The number of epoxide rings is 2. The van der Waals surface area contributed by atoms with Crippen LogP contribution >= 0.6 is 0 Å². The quantitative estimate of drug-likeness (QED) is 0.586. The van der Waals surface area contributed by atoms with Crippen molar-refractivity contribution in [2.45, 2.75) is 31.5 Å². The molecular formula is C10H16O5. The molecule has 0 saturated carbocycles. The van der Waals surface area contributed by atoms with Crippen molar-refractivity contribution in [2.75, 3.05) is 19.8 Å². The van der Waals surface area contributed by atoms with Crippen LogP contribution in [0, 0.1) is 5.41 Å². The Kier molecular flexibility index (Phi) is 2.95. The molecule has 0 radical (unpaired) electrons. The molecule has 2 aliphatic rings. The summed E-state index contributed by atoms with van der Waals surface area (Å²) in [5, 5.41) is 18.3. The second-order valence-corrected chi connectivity index (χ2v) is 4.38. The Morgan fingerprint density at radius 1 is 1.27 bits per heavy atom. The first-order valence-corrected chi connectivity index (χ1v) is 5.24. The maximum Gasteiger partial charge on any atom is 0.309 e. The van der Waals surface area contributed by atoms with Gasteiger partial charge in [0.15, 0.2) is 0 Å². The van der Waals surface area contributed by atoms with Crippen LogP contribution in [-0.4, -0.2) is 48.2 Å². The number of hydrogen-bond donors (Lipinski definition) is 2. The van der Waals surface area contributed by atoms with E-state index < -0.39 is 11.4 Å². The Morgan fingerprint density at radius 3 is 2.00 bits per heavy atom. The highest BCUT2D eigenvalue weighted by Crippen LogP contribution is 2.40. The molecule has 15 heavy (non-hydrogen) atoms. The van der Waals surface area contributed by atoms with Crippen molar-refractivity contribution >= 4 is 5.97 Å². The summed E-state index contributed by atoms with van der Waals surface area (Å²) in [5.41, 5.74) is -0.864. The van der Waals surface area contributed by atoms with Gasteiger partial charge in [0.2, 0.25) is 0 Å². The molecule has 0 aromatic rings. The fraction of sp³-hybridized carbons (Fsp3) is 0.900. The molecular weight excluding hydrogens is 200 g/mol. The Morgan fingerprint density at radius 2 is 1.73 bits per heavy atom. The second-order valence-electron chi connectivity index (χ2n) is 4.38. The maximum atomic E-state index is 11.3. The molecule has 2 heterocycles. The van der Waals surface area contributed by atoms with E-state index in [4.69, 9.17) is 14.6 Å². The lowest BCUT2D eigenvalue weighted by Gasteiger charge is -2.27. The van der Waals surface area contributed by atoms with Crippen LogP contribution < -0.4 is 0 Å². The Labute approximate surface area is 88.0 Å². The normalized spacial score (nSPS) is 32.1. The van der Waals surface area contributed by atoms with Gasteiger partial charge in [-0.15, -0.1) is 0 Å². The molecule has 5 nitrogen and oxygen atoms in total. The van der Waals surface area contributed by atoms with Crippen LogP contribution in [0.2, 0.25) is 0 Å². The standard InChI is InChI=1S/C10H16O5/c11-2-1-10(9(12)13,3-7-5-14-7)4-8-6-15-8/h7-8,11H,1-6H2,(H,12,13). The van der Waals surface area contributed by atoms with Gasteiger partial charge in [-0.1, -0.05) is 0 Å². The van der Waals surface area contributed by atoms with Crippen LogP contribution in [0.15, 0.2) is 0 Å². The third kappa shape index (κ3) is 2.68. The van der Waals surface area contributed by atoms with Crippen molar-refractivity contribution in [1.29, 1.82) is 0 Å². The van der Waals surface area contributed by atoms with Gasteiger partial charge in [-0.05, 0) is 19.3 Å². The summed E-state index contributed by atoms with van der Waals surface area (Å²) in [4.78, 5) is 11.3. The first kappa shape index (κ1) is 10.9. The average Bonchev–Trinajstić information content (AvgIpc) is 3.00. The number of carboxylic acids is 1. The predicted molar refractivity (Wildman–Crippen MR) is 50.5 cm³/mol. The van der Waals surface area contributed by atoms with Crippen LogP contribution in [0.1, 0.15) is 19.3 Å². The molecule has 0 aliphatic carbocycles. The SMILES string of the molecule is O=C(O)C(CCO)(CC1CO1)CC1CO1. The summed E-state index contributed by atoms with van der Waals surface area (Å²) in [6.45, 7) is 1.18. The zero-order valence-electron chi connectivity index (χ0n) is 8.52. The summed E-state index contributed by atoms with van der Waals surface area (Å²) in [6.07, 6.45) is 1.38. The molecule has 0 spiro atoms. The highest BCUT2D eigenvalue weighted by Gasteiger charge is 2.47. The fourth-order valence-corrected chi connectivity index (χ4v) is 2.03. The van der Waals surface area contributed by atoms with Crippen LogP contribution in [-0.2, 0) is 14.3 Å². The first-order valence-electron chi connectivity index (χ1n) is 5.24. The topological polar surface area (TPSA) is 82.6 Å². The zero-order chi connectivity index (χ0) is 10.9. The van der Waals surface area contributed by atoms with Crippen LogP contribution in [0.3, 0.4) is 0 Å². The molecule has 86 valence electrons. The van der Waals surface area contributed by atoms with Crippen molar-refractivity contribution in [2.24, 2.45) is 5.41 Å². The molecule has 0 amide bonds. The smallest absolute Gasteiger partial charge is 0.309 e. The van der Waals surface area contributed by atoms with Crippen molar-refractivity contribution in [3.63, 3.8) is 0 Å². The lowest BCUT2D eigenvalue weighted by Crippen LogP contribution is -2.35. The molecule has 2 unspecified atom stereocenters. The molecule has 5 heteroatoms. The van der Waals surface area contributed by atoms with Crippen molar-refractivity contribution in [3.05, 3.63) is 0 Å². The van der Waals surface area contributed by atoms with Crippen molar-refractivity contribution in [1.82, 2.24) is 0 Å². The van der Waals surface area contributed by atoms with Crippen molar-refractivity contribution < 1.29 is 24.5 Å². The van der Waals surface area contributed by atoms with E-state index in [9.17, 15) is 9.90 Å². The number of carbonyl (C=O) groups is 1. The minimum atomic E-state index is -0.864. The first-order chi connectivity index (χ1) is 7.16.